The van der Waals surface area contributed by atoms with Gasteiger partial charge in [0.15, 0.2) is 7.11 Å². The van der Waals surface area contributed by atoms with Crippen LogP contribution >= 0.6 is 0 Å². The molecule has 86 valence electrons. The van der Waals surface area contributed by atoms with Crippen LogP contribution in [0.3, 0.4) is 0 Å². The fourth-order valence-corrected chi connectivity index (χ4v) is 0.953. The summed E-state index contributed by atoms with van der Waals surface area (Å²) in [5.74, 6) is 0.280. The van der Waals surface area contributed by atoms with Crippen LogP contribution in [0.15, 0.2) is 24.3 Å². The van der Waals surface area contributed by atoms with Gasteiger partial charge in [-0.25, -0.2) is 9.63 Å². The molecular weight excluding hydrogens is 216 g/mol. The summed E-state index contributed by atoms with van der Waals surface area (Å²) >= 11 is 0. The van der Waals surface area contributed by atoms with Crippen molar-refractivity contribution in [3.05, 3.63) is 29.2 Å². The molecule has 0 unspecified atom stereocenters. The molecule has 0 spiro atoms. The van der Waals surface area contributed by atoms with Crippen LogP contribution in [0.1, 0.15) is 0 Å². The van der Waals surface area contributed by atoms with Crippen LogP contribution in [-0.4, -0.2) is 25.2 Å². The molecule has 0 atom stereocenters. The molecule has 0 fully saturated rings. The molecule has 1 aromatic rings. The summed E-state index contributed by atoms with van der Waals surface area (Å²) in [5, 5.41) is 0. The number of benzene rings is 1. The van der Waals surface area contributed by atoms with Gasteiger partial charge in [-0.05, 0) is 12.1 Å². The molecule has 7 heteroatoms. The Bertz CT molecular complexity index is 376. The fourth-order valence-electron chi connectivity index (χ4n) is 0.953. The second-order valence-corrected chi connectivity index (χ2v) is 2.63. The predicted molar refractivity (Wildman–Crippen MR) is 52.9 cm³/mol. The van der Waals surface area contributed by atoms with E-state index in [1.165, 1.54) is 38.5 Å². The van der Waals surface area contributed by atoms with Crippen LogP contribution in [0.25, 0.3) is 0 Å². The summed E-state index contributed by atoms with van der Waals surface area (Å²) in [7, 11) is 2.54. The molecule has 0 radical (unpaired) electrons. The zero-order chi connectivity index (χ0) is 12.0. The highest BCUT2D eigenvalue weighted by molar-refractivity contribution is 5.69. The van der Waals surface area contributed by atoms with Gasteiger partial charge in [0.05, 0.1) is 12.0 Å². The van der Waals surface area contributed by atoms with Crippen molar-refractivity contribution in [1.29, 1.82) is 0 Å². The first-order valence-corrected chi connectivity index (χ1v) is 4.29. The summed E-state index contributed by atoms with van der Waals surface area (Å²) in [6.07, 6.45) is -0.749. The van der Waals surface area contributed by atoms with Gasteiger partial charge >= 0.3 is 11.8 Å². The normalized spacial score (nSPS) is 9.38. The summed E-state index contributed by atoms with van der Waals surface area (Å²) in [5.41, 5.74) is 2.28. The number of hydrogen-bond donors (Lipinski definition) is 1. The van der Waals surface area contributed by atoms with Crippen molar-refractivity contribution < 1.29 is 24.1 Å². The molecule has 0 saturated carbocycles. The minimum absolute atomic E-state index is 0.280. The molecule has 0 bridgehead atoms. The standard InChI is InChI=1S/C9H10N2O5/c1-14-10-9(12)16-8-5-3-7(4-6-8)11(13)15-2/h3-6H,1-2H3/p+1. The molecule has 0 aromatic heterocycles. The third-order valence-corrected chi connectivity index (χ3v) is 1.61. The predicted octanol–water partition coefficient (Wildman–Crippen LogP) is 1.31. The number of carbonyl (C=O) groups excluding carboxylic acids is 1. The molecule has 1 rings (SSSR count). The van der Waals surface area contributed by atoms with E-state index in [0.29, 0.717) is 10.6 Å². The SMILES string of the molecule is CONC(=O)Oc1ccc([N+](=O)OC)cc1. The molecule has 0 aliphatic rings. The van der Waals surface area contributed by atoms with E-state index in [2.05, 4.69) is 9.68 Å². The van der Waals surface area contributed by atoms with Crippen molar-refractivity contribution in [3.8, 4) is 5.75 Å². The van der Waals surface area contributed by atoms with E-state index in [-0.39, 0.29) is 5.75 Å². The van der Waals surface area contributed by atoms with E-state index in [9.17, 15) is 9.70 Å². The number of carbonyl (C=O) groups is 1. The van der Waals surface area contributed by atoms with Crippen molar-refractivity contribution in [1.82, 2.24) is 5.48 Å². The monoisotopic (exact) mass is 227 g/mol. The van der Waals surface area contributed by atoms with Gasteiger partial charge in [-0.15, -0.1) is 0 Å². The third kappa shape index (κ3) is 3.21. The van der Waals surface area contributed by atoms with Crippen LogP contribution in [0, 0.1) is 4.91 Å². The summed E-state index contributed by atoms with van der Waals surface area (Å²) < 4.78 is 4.79. The highest BCUT2D eigenvalue weighted by Crippen LogP contribution is 2.17. The molecule has 0 aliphatic heterocycles. The van der Waals surface area contributed by atoms with E-state index in [1.54, 1.807) is 0 Å². The van der Waals surface area contributed by atoms with Gasteiger partial charge in [0.1, 0.15) is 5.75 Å². The zero-order valence-corrected chi connectivity index (χ0v) is 8.80. The summed E-state index contributed by atoms with van der Waals surface area (Å²) in [6.45, 7) is 0. The highest BCUT2D eigenvalue weighted by Gasteiger charge is 2.13. The number of nitrogens with one attached hydrogen (secondary N) is 1. The Morgan fingerprint density at radius 1 is 1.25 bits per heavy atom. The topological polar surface area (TPSA) is 76.9 Å². The maximum absolute atomic E-state index is 11.0. The Balaban J connectivity index is 2.64. The number of nitrogens with zero attached hydrogens (tertiary/aromatic N) is 1. The van der Waals surface area contributed by atoms with E-state index in [1.807, 2.05) is 5.48 Å². The van der Waals surface area contributed by atoms with E-state index in [0.717, 1.165) is 0 Å². The van der Waals surface area contributed by atoms with Crippen LogP contribution in [0.5, 0.6) is 5.75 Å². The van der Waals surface area contributed by atoms with Crippen molar-refractivity contribution in [2.75, 3.05) is 14.2 Å². The largest absolute Gasteiger partial charge is 0.436 e. The maximum Gasteiger partial charge on any atom is 0.436 e. The second-order valence-electron chi connectivity index (χ2n) is 2.63. The Morgan fingerprint density at radius 3 is 2.38 bits per heavy atom. The van der Waals surface area contributed by atoms with Crippen molar-refractivity contribution in [3.63, 3.8) is 0 Å². The molecule has 1 N–H and O–H groups in total. The number of ether oxygens (including phenoxy) is 1. The third-order valence-electron chi connectivity index (χ3n) is 1.61. The lowest BCUT2D eigenvalue weighted by molar-refractivity contribution is -0.736. The van der Waals surface area contributed by atoms with Crippen LogP contribution in [0.2, 0.25) is 0 Å². The van der Waals surface area contributed by atoms with Gasteiger partial charge in [-0.1, -0.05) is 0 Å². The first kappa shape index (κ1) is 11.9. The Hall–Kier alpha value is -2.15. The van der Waals surface area contributed by atoms with Gasteiger partial charge in [-0.3, -0.25) is 4.84 Å². The average molecular weight is 227 g/mol. The lowest BCUT2D eigenvalue weighted by Crippen LogP contribution is -2.25. The Labute approximate surface area is 91.4 Å². The molecule has 1 aromatic carbocycles. The smallest absolute Gasteiger partial charge is 0.409 e. The lowest BCUT2D eigenvalue weighted by atomic mass is 10.3. The minimum atomic E-state index is -0.749. The van der Waals surface area contributed by atoms with Crippen molar-refractivity contribution in [2.45, 2.75) is 0 Å². The molecule has 0 heterocycles. The number of hydroxylamine groups is 1. The quantitative estimate of drug-likeness (QED) is 0.784. The molecule has 0 aliphatic carbocycles. The van der Waals surface area contributed by atoms with Crippen molar-refractivity contribution in [2.24, 2.45) is 0 Å². The van der Waals surface area contributed by atoms with Crippen molar-refractivity contribution >= 4 is 11.8 Å². The summed E-state index contributed by atoms with van der Waals surface area (Å²) in [6, 6.07) is 5.81. The number of rotatable bonds is 4. The zero-order valence-electron chi connectivity index (χ0n) is 8.80. The Kier molecular flexibility index (Phi) is 4.22. The minimum Gasteiger partial charge on any atom is -0.409 e. The van der Waals surface area contributed by atoms with Gasteiger partial charge in [0.2, 0.25) is 0 Å². The number of hydrogen-bond acceptors (Lipinski definition) is 5. The Morgan fingerprint density at radius 2 is 1.88 bits per heavy atom. The first-order valence-electron chi connectivity index (χ1n) is 4.29. The van der Waals surface area contributed by atoms with Gasteiger partial charge in [-0.2, -0.15) is 5.48 Å². The lowest BCUT2D eigenvalue weighted by Gasteiger charge is -2.03. The van der Waals surface area contributed by atoms with Gasteiger partial charge in [0.25, 0.3) is 4.92 Å². The van der Waals surface area contributed by atoms with Crippen LogP contribution in [-0.2, 0) is 9.68 Å². The first-order chi connectivity index (χ1) is 7.67. The fraction of sp³-hybridized carbons (Fsp3) is 0.222. The molecule has 0 saturated heterocycles. The number of amides is 1. The van der Waals surface area contributed by atoms with Crippen LogP contribution < -0.4 is 10.2 Å². The molecular formula is C9H11N2O5+. The maximum atomic E-state index is 11.0. The van der Waals surface area contributed by atoms with Gasteiger partial charge < -0.3 is 4.74 Å². The van der Waals surface area contributed by atoms with E-state index in [4.69, 9.17) is 4.74 Å². The van der Waals surface area contributed by atoms with E-state index >= 15 is 0 Å². The molecule has 1 amide bonds. The highest BCUT2D eigenvalue weighted by atomic mass is 16.8. The van der Waals surface area contributed by atoms with E-state index < -0.39 is 6.09 Å². The van der Waals surface area contributed by atoms with Gasteiger partial charge in [0, 0.05) is 12.1 Å². The second kappa shape index (κ2) is 5.66. The molecule has 16 heavy (non-hydrogen) atoms. The molecule has 7 nitrogen and oxygen atoms in total. The van der Waals surface area contributed by atoms with Crippen LogP contribution in [0.4, 0.5) is 10.5 Å². The summed E-state index contributed by atoms with van der Waals surface area (Å²) in [4.78, 5) is 31.1. The average Bonchev–Trinajstić information content (AvgIpc) is 2.29.